The molecular formula is C23H22N4O3S. The Bertz CT molecular complexity index is 1190. The van der Waals surface area contributed by atoms with Crippen LogP contribution in [0, 0.1) is 0 Å². The predicted molar refractivity (Wildman–Crippen MR) is 120 cm³/mol. The normalized spacial score (nSPS) is 11.0. The van der Waals surface area contributed by atoms with Crippen molar-refractivity contribution in [1.82, 2.24) is 19.7 Å². The molecule has 0 unspecified atom stereocenters. The van der Waals surface area contributed by atoms with Gasteiger partial charge in [-0.3, -0.25) is 4.98 Å². The summed E-state index contributed by atoms with van der Waals surface area (Å²) >= 11 is 1.48. The van der Waals surface area contributed by atoms with Crippen LogP contribution in [0.4, 0.5) is 0 Å². The minimum Gasteiger partial charge on any atom is -0.465 e. The predicted octanol–water partition coefficient (Wildman–Crippen LogP) is 4.22. The highest BCUT2D eigenvalue weighted by atomic mass is 32.2. The van der Waals surface area contributed by atoms with Crippen molar-refractivity contribution < 1.29 is 14.3 Å². The summed E-state index contributed by atoms with van der Waals surface area (Å²) in [6.45, 7) is 1.21. The minimum atomic E-state index is -0.409. The average Bonchev–Trinajstić information content (AvgIpc) is 3.27. The van der Waals surface area contributed by atoms with Gasteiger partial charge in [-0.25, -0.2) is 4.79 Å². The second kappa shape index (κ2) is 9.72. The molecule has 31 heavy (non-hydrogen) atoms. The van der Waals surface area contributed by atoms with E-state index in [4.69, 9.17) is 14.5 Å². The van der Waals surface area contributed by atoms with Crippen LogP contribution in [0.15, 0.2) is 66.1 Å². The second-order valence-corrected chi connectivity index (χ2v) is 7.71. The molecule has 0 bridgehead atoms. The lowest BCUT2D eigenvalue weighted by molar-refractivity contribution is 0.0600. The standard InChI is InChI=1S/C23H22N4O3S/c1-29-13-12-27-15-24-26-23(27)31-14-19-21(22(28)30-2)20(16-8-4-3-5-9-16)17-10-6-7-11-18(17)25-19/h3-11,15H,12-14H2,1-2H3. The molecule has 0 saturated carbocycles. The zero-order valence-electron chi connectivity index (χ0n) is 17.3. The highest BCUT2D eigenvalue weighted by molar-refractivity contribution is 7.98. The first-order valence-corrected chi connectivity index (χ1v) is 10.8. The third-order valence-corrected chi connectivity index (χ3v) is 5.87. The van der Waals surface area contributed by atoms with Gasteiger partial charge in [-0.1, -0.05) is 60.3 Å². The number of carbonyl (C=O) groups excluding carboxylic acids is 1. The largest absolute Gasteiger partial charge is 0.465 e. The number of esters is 1. The van der Waals surface area contributed by atoms with Crippen molar-refractivity contribution in [3.63, 3.8) is 0 Å². The molecule has 8 heteroatoms. The van der Waals surface area contributed by atoms with Gasteiger partial charge in [0.15, 0.2) is 5.16 Å². The number of carbonyl (C=O) groups is 1. The molecule has 4 rings (SSSR count). The Hall–Kier alpha value is -3.23. The summed E-state index contributed by atoms with van der Waals surface area (Å²) in [6.07, 6.45) is 1.67. The number of rotatable bonds is 8. The van der Waals surface area contributed by atoms with Crippen LogP contribution in [0.2, 0.25) is 0 Å². The lowest BCUT2D eigenvalue weighted by Gasteiger charge is -2.16. The average molecular weight is 435 g/mol. The molecule has 0 atom stereocenters. The van der Waals surface area contributed by atoms with Gasteiger partial charge < -0.3 is 14.0 Å². The van der Waals surface area contributed by atoms with E-state index in [0.717, 1.165) is 27.2 Å². The number of fused-ring (bicyclic) bond motifs is 1. The van der Waals surface area contributed by atoms with Crippen LogP contribution in [-0.2, 0) is 21.8 Å². The Balaban J connectivity index is 1.82. The number of hydrogen-bond donors (Lipinski definition) is 0. The number of methoxy groups -OCH3 is 2. The number of thioether (sulfide) groups is 1. The SMILES string of the molecule is COCCn1cnnc1SCc1nc2ccccc2c(-c2ccccc2)c1C(=O)OC. The fourth-order valence-electron chi connectivity index (χ4n) is 3.43. The van der Waals surface area contributed by atoms with E-state index in [9.17, 15) is 4.79 Å². The Morgan fingerprint density at radius 3 is 2.61 bits per heavy atom. The summed E-state index contributed by atoms with van der Waals surface area (Å²) in [6, 6.07) is 17.7. The molecule has 2 heterocycles. The van der Waals surface area contributed by atoms with Gasteiger partial charge in [0.25, 0.3) is 0 Å². The number of ether oxygens (including phenoxy) is 2. The van der Waals surface area contributed by atoms with Crippen molar-refractivity contribution in [2.45, 2.75) is 17.5 Å². The van der Waals surface area contributed by atoms with E-state index >= 15 is 0 Å². The molecule has 0 aliphatic heterocycles. The third kappa shape index (κ3) is 4.45. The molecule has 0 saturated heterocycles. The van der Waals surface area contributed by atoms with E-state index in [-0.39, 0.29) is 0 Å². The first-order valence-electron chi connectivity index (χ1n) is 9.77. The molecule has 0 aliphatic carbocycles. The molecule has 0 aliphatic rings. The molecule has 2 aromatic carbocycles. The fourth-order valence-corrected chi connectivity index (χ4v) is 4.31. The molecule has 0 radical (unpaired) electrons. The van der Waals surface area contributed by atoms with E-state index < -0.39 is 5.97 Å². The summed E-state index contributed by atoms with van der Waals surface area (Å²) < 4.78 is 12.2. The van der Waals surface area contributed by atoms with Crippen molar-refractivity contribution in [2.24, 2.45) is 0 Å². The van der Waals surface area contributed by atoms with Crippen molar-refractivity contribution in [3.05, 3.63) is 72.2 Å². The van der Waals surface area contributed by atoms with Crippen LogP contribution in [0.25, 0.3) is 22.0 Å². The van der Waals surface area contributed by atoms with E-state index in [0.29, 0.717) is 30.2 Å². The Morgan fingerprint density at radius 1 is 1.06 bits per heavy atom. The smallest absolute Gasteiger partial charge is 0.340 e. The molecule has 7 nitrogen and oxygen atoms in total. The molecule has 158 valence electrons. The van der Waals surface area contributed by atoms with Gasteiger partial charge in [-0.15, -0.1) is 10.2 Å². The first-order chi connectivity index (χ1) is 15.2. The van der Waals surface area contributed by atoms with Crippen LogP contribution in [0.3, 0.4) is 0 Å². The number of pyridine rings is 1. The van der Waals surface area contributed by atoms with Crippen molar-refractivity contribution in [1.29, 1.82) is 0 Å². The molecule has 2 aromatic heterocycles. The zero-order valence-corrected chi connectivity index (χ0v) is 18.1. The highest BCUT2D eigenvalue weighted by Gasteiger charge is 2.23. The second-order valence-electron chi connectivity index (χ2n) is 6.77. The maximum absolute atomic E-state index is 12.9. The van der Waals surface area contributed by atoms with Crippen LogP contribution in [0.5, 0.6) is 0 Å². The first kappa shape index (κ1) is 21.0. The summed E-state index contributed by atoms with van der Waals surface area (Å²) in [5.41, 5.74) is 3.72. The zero-order chi connectivity index (χ0) is 21.6. The fraction of sp³-hybridized carbons (Fsp3) is 0.217. The van der Waals surface area contributed by atoms with Crippen molar-refractivity contribution in [2.75, 3.05) is 20.8 Å². The van der Waals surface area contributed by atoms with E-state index in [1.165, 1.54) is 18.9 Å². The van der Waals surface area contributed by atoms with Crippen LogP contribution < -0.4 is 0 Å². The quantitative estimate of drug-likeness (QED) is 0.303. The van der Waals surface area contributed by atoms with Crippen LogP contribution in [0.1, 0.15) is 16.1 Å². The van der Waals surface area contributed by atoms with Gasteiger partial charge in [0.2, 0.25) is 0 Å². The van der Waals surface area contributed by atoms with Gasteiger partial charge in [0.05, 0.1) is 30.5 Å². The molecule has 0 fully saturated rings. The Kier molecular flexibility index (Phi) is 6.59. The highest BCUT2D eigenvalue weighted by Crippen LogP contribution is 2.35. The third-order valence-electron chi connectivity index (χ3n) is 4.87. The maximum Gasteiger partial charge on any atom is 0.340 e. The van der Waals surface area contributed by atoms with Gasteiger partial charge in [0, 0.05) is 30.4 Å². The topological polar surface area (TPSA) is 79.1 Å². The number of benzene rings is 2. The monoisotopic (exact) mass is 434 g/mol. The molecule has 0 amide bonds. The molecule has 0 spiro atoms. The van der Waals surface area contributed by atoms with Crippen molar-refractivity contribution in [3.8, 4) is 11.1 Å². The number of aromatic nitrogens is 4. The van der Waals surface area contributed by atoms with Gasteiger partial charge in [-0.05, 0) is 11.6 Å². The van der Waals surface area contributed by atoms with E-state index in [1.807, 2.05) is 59.2 Å². The number of para-hydroxylation sites is 1. The Morgan fingerprint density at radius 2 is 1.84 bits per heavy atom. The molecule has 4 aromatic rings. The maximum atomic E-state index is 12.9. The summed E-state index contributed by atoms with van der Waals surface area (Å²) in [5, 5.41) is 9.85. The summed E-state index contributed by atoms with van der Waals surface area (Å²) in [5.74, 6) is 0.0365. The Labute approximate surface area is 184 Å². The molecule has 0 N–H and O–H groups in total. The van der Waals surface area contributed by atoms with Gasteiger partial charge >= 0.3 is 5.97 Å². The van der Waals surface area contributed by atoms with E-state index in [2.05, 4.69) is 10.2 Å². The lowest BCUT2D eigenvalue weighted by Crippen LogP contribution is -2.11. The van der Waals surface area contributed by atoms with Gasteiger partial charge in [0.1, 0.15) is 6.33 Å². The summed E-state index contributed by atoms with van der Waals surface area (Å²) in [7, 11) is 3.05. The van der Waals surface area contributed by atoms with E-state index in [1.54, 1.807) is 13.4 Å². The summed E-state index contributed by atoms with van der Waals surface area (Å²) in [4.78, 5) is 17.7. The van der Waals surface area contributed by atoms with Crippen LogP contribution >= 0.6 is 11.8 Å². The van der Waals surface area contributed by atoms with Crippen molar-refractivity contribution >= 4 is 28.6 Å². The number of hydrogen-bond acceptors (Lipinski definition) is 7. The van der Waals surface area contributed by atoms with Crippen LogP contribution in [-0.4, -0.2) is 46.5 Å². The van der Waals surface area contributed by atoms with Gasteiger partial charge in [-0.2, -0.15) is 0 Å². The molecular weight excluding hydrogens is 412 g/mol. The lowest BCUT2D eigenvalue weighted by atomic mass is 9.94. The minimum absolute atomic E-state index is 0.409. The number of nitrogens with zero attached hydrogens (tertiary/aromatic N) is 4.